The van der Waals surface area contributed by atoms with Crippen molar-refractivity contribution in [2.24, 2.45) is 5.92 Å². The van der Waals surface area contributed by atoms with Crippen molar-refractivity contribution in [3.8, 4) is 0 Å². The molecule has 0 bridgehead atoms. The average Bonchev–Trinajstić information content (AvgIpc) is 3.39. The summed E-state index contributed by atoms with van der Waals surface area (Å²) in [4.78, 5) is 12.1. The maximum Gasteiger partial charge on any atom is 0.228 e. The van der Waals surface area contributed by atoms with E-state index in [1.165, 1.54) is 25.3 Å². The number of alkyl halides is 1. The van der Waals surface area contributed by atoms with Crippen LogP contribution in [0.5, 0.6) is 0 Å². The number of rotatable bonds is 8. The van der Waals surface area contributed by atoms with E-state index in [1.807, 2.05) is 6.07 Å². The van der Waals surface area contributed by atoms with Gasteiger partial charge in [0.2, 0.25) is 11.9 Å². The molecule has 1 saturated carbocycles. The van der Waals surface area contributed by atoms with Crippen LogP contribution in [0.15, 0.2) is 30.3 Å². The van der Waals surface area contributed by atoms with Gasteiger partial charge in [-0.3, -0.25) is 0 Å². The van der Waals surface area contributed by atoms with Gasteiger partial charge >= 0.3 is 0 Å². The van der Waals surface area contributed by atoms with E-state index >= 15 is 0 Å². The van der Waals surface area contributed by atoms with Crippen LogP contribution < -0.4 is 11.1 Å². The van der Waals surface area contributed by atoms with E-state index in [1.54, 1.807) is 0 Å². The molecule has 0 amide bonds. The van der Waals surface area contributed by atoms with Crippen LogP contribution in [0.1, 0.15) is 50.2 Å². The van der Waals surface area contributed by atoms with Crippen LogP contribution in [-0.4, -0.2) is 21.0 Å². The zero-order valence-corrected chi connectivity index (χ0v) is 14.0. The predicted octanol–water partition coefficient (Wildman–Crippen LogP) is 3.70. The number of nitrogen functional groups attached to an aromatic ring is 1. The largest absolute Gasteiger partial charge is 0.368 e. The number of aryl methyl sites for hydroxylation is 1. The number of nitrogens with two attached hydrogens (primary N) is 1. The Morgan fingerprint density at radius 1 is 1.21 bits per heavy atom. The molecule has 0 radical (unpaired) electrons. The first-order valence-corrected chi connectivity index (χ1v) is 8.58. The van der Waals surface area contributed by atoms with Crippen molar-refractivity contribution in [2.75, 3.05) is 11.1 Å². The lowest BCUT2D eigenvalue weighted by atomic mass is 10.0. The van der Waals surface area contributed by atoms with Crippen LogP contribution in [0.2, 0.25) is 0 Å². The lowest BCUT2D eigenvalue weighted by molar-refractivity contribution is 0.356. The molecule has 0 spiro atoms. The van der Waals surface area contributed by atoms with Gasteiger partial charge in [-0.15, -0.1) is 0 Å². The van der Waals surface area contributed by atoms with Crippen LogP contribution >= 0.6 is 0 Å². The van der Waals surface area contributed by atoms with Gasteiger partial charge in [-0.05, 0) is 50.5 Å². The molecule has 2 aromatic rings. The summed E-state index contributed by atoms with van der Waals surface area (Å²) in [5, 5.41) is 3.35. The minimum atomic E-state index is -1.26. The van der Waals surface area contributed by atoms with Gasteiger partial charge in [0, 0.05) is 6.04 Å². The Balaban J connectivity index is 1.60. The van der Waals surface area contributed by atoms with Crippen LogP contribution in [0, 0.1) is 5.92 Å². The molecule has 3 rings (SSSR count). The van der Waals surface area contributed by atoms with Crippen molar-refractivity contribution < 1.29 is 4.39 Å². The lowest BCUT2D eigenvalue weighted by Gasteiger charge is -2.18. The number of nitrogens with one attached hydrogen (secondary N) is 1. The van der Waals surface area contributed by atoms with Crippen LogP contribution in [0.4, 0.5) is 16.3 Å². The average molecular weight is 329 g/mol. The van der Waals surface area contributed by atoms with E-state index < -0.39 is 6.17 Å². The quantitative estimate of drug-likeness (QED) is 0.772. The number of halogens is 1. The Morgan fingerprint density at radius 2 is 1.96 bits per heavy atom. The molecule has 6 heteroatoms. The Kier molecular flexibility index (Phi) is 5.23. The maximum atomic E-state index is 13.5. The molecule has 1 heterocycles. The van der Waals surface area contributed by atoms with Gasteiger partial charge in [0.25, 0.3) is 0 Å². The Hall–Kier alpha value is -2.24. The van der Waals surface area contributed by atoms with Crippen molar-refractivity contribution in [3.05, 3.63) is 41.7 Å². The van der Waals surface area contributed by atoms with E-state index in [4.69, 9.17) is 5.73 Å². The first kappa shape index (κ1) is 16.6. The summed E-state index contributed by atoms with van der Waals surface area (Å²) in [6.07, 6.45) is 4.36. The summed E-state index contributed by atoms with van der Waals surface area (Å²) in [5.41, 5.74) is 7.02. The predicted molar refractivity (Wildman–Crippen MR) is 93.3 cm³/mol. The second-order valence-electron chi connectivity index (χ2n) is 6.46. The zero-order chi connectivity index (χ0) is 16.9. The van der Waals surface area contributed by atoms with Crippen LogP contribution in [0.25, 0.3) is 0 Å². The molecule has 128 valence electrons. The standard InChI is InChI=1S/C18H24FN5/c1-12(19)16-22-17(20)24-18(23-16)21-15(14-10-11-14)9-5-8-13-6-3-2-4-7-13/h2-4,6-7,12,14-15H,5,8-11H2,1H3,(H3,20,21,22,23,24)/t12-,15+/m1/s1. The number of aromatic nitrogens is 3. The molecular formula is C18H24FN5. The number of benzene rings is 1. The zero-order valence-electron chi connectivity index (χ0n) is 14.0. The Labute approximate surface area is 141 Å². The fourth-order valence-corrected chi connectivity index (χ4v) is 2.91. The summed E-state index contributed by atoms with van der Waals surface area (Å²) in [6.45, 7) is 1.40. The van der Waals surface area contributed by atoms with Crippen molar-refractivity contribution in [1.29, 1.82) is 0 Å². The van der Waals surface area contributed by atoms with Crippen LogP contribution in [-0.2, 0) is 6.42 Å². The highest BCUT2D eigenvalue weighted by Crippen LogP contribution is 2.36. The van der Waals surface area contributed by atoms with E-state index in [9.17, 15) is 4.39 Å². The third-order valence-electron chi connectivity index (χ3n) is 4.35. The summed E-state index contributed by atoms with van der Waals surface area (Å²) < 4.78 is 13.5. The molecule has 2 atom stereocenters. The van der Waals surface area contributed by atoms with E-state index in [0.29, 0.717) is 17.9 Å². The topological polar surface area (TPSA) is 76.7 Å². The molecule has 0 saturated heterocycles. The molecule has 1 fully saturated rings. The molecule has 1 aliphatic carbocycles. The minimum absolute atomic E-state index is 0.0610. The monoisotopic (exact) mass is 329 g/mol. The highest BCUT2D eigenvalue weighted by atomic mass is 19.1. The van der Waals surface area contributed by atoms with Crippen molar-refractivity contribution >= 4 is 11.9 Å². The Bertz CT molecular complexity index is 658. The molecule has 1 aromatic carbocycles. The van der Waals surface area contributed by atoms with Crippen LogP contribution in [0.3, 0.4) is 0 Å². The van der Waals surface area contributed by atoms with E-state index in [-0.39, 0.29) is 11.8 Å². The van der Waals surface area contributed by atoms with Crippen molar-refractivity contribution in [1.82, 2.24) is 15.0 Å². The third-order valence-corrected chi connectivity index (χ3v) is 4.35. The SMILES string of the molecule is C[C@@H](F)c1nc(N)nc(N[C@@H](CCCc2ccccc2)C2CC2)n1. The first-order valence-electron chi connectivity index (χ1n) is 8.58. The second-order valence-corrected chi connectivity index (χ2v) is 6.46. The highest BCUT2D eigenvalue weighted by molar-refractivity contribution is 5.33. The normalized spacial score (nSPS) is 16.6. The van der Waals surface area contributed by atoms with Crippen molar-refractivity contribution in [2.45, 2.75) is 51.2 Å². The van der Waals surface area contributed by atoms with Gasteiger partial charge in [-0.1, -0.05) is 30.3 Å². The van der Waals surface area contributed by atoms with Gasteiger partial charge in [0.05, 0.1) is 0 Å². The molecular weight excluding hydrogens is 305 g/mol. The minimum Gasteiger partial charge on any atom is -0.368 e. The fraction of sp³-hybridized carbons (Fsp3) is 0.500. The van der Waals surface area contributed by atoms with Gasteiger partial charge in [0.1, 0.15) is 0 Å². The van der Waals surface area contributed by atoms with Gasteiger partial charge < -0.3 is 11.1 Å². The number of anilines is 2. The van der Waals surface area contributed by atoms with Gasteiger partial charge in [-0.2, -0.15) is 15.0 Å². The number of hydrogen-bond donors (Lipinski definition) is 2. The van der Waals surface area contributed by atoms with E-state index in [0.717, 1.165) is 19.3 Å². The lowest BCUT2D eigenvalue weighted by Crippen LogP contribution is -2.24. The maximum absolute atomic E-state index is 13.5. The first-order chi connectivity index (χ1) is 11.6. The highest BCUT2D eigenvalue weighted by Gasteiger charge is 2.31. The molecule has 0 aliphatic heterocycles. The van der Waals surface area contributed by atoms with Gasteiger partial charge in [0.15, 0.2) is 12.0 Å². The molecule has 5 nitrogen and oxygen atoms in total. The fourth-order valence-electron chi connectivity index (χ4n) is 2.91. The molecule has 1 aromatic heterocycles. The van der Waals surface area contributed by atoms with Crippen molar-refractivity contribution in [3.63, 3.8) is 0 Å². The summed E-state index contributed by atoms with van der Waals surface area (Å²) in [7, 11) is 0. The molecule has 3 N–H and O–H groups in total. The summed E-state index contributed by atoms with van der Waals surface area (Å²) in [5.74, 6) is 1.18. The Morgan fingerprint density at radius 3 is 2.62 bits per heavy atom. The molecule has 0 unspecified atom stereocenters. The van der Waals surface area contributed by atoms with Gasteiger partial charge in [-0.25, -0.2) is 4.39 Å². The number of hydrogen-bond acceptors (Lipinski definition) is 5. The molecule has 24 heavy (non-hydrogen) atoms. The van der Waals surface area contributed by atoms with E-state index in [2.05, 4.69) is 44.5 Å². The summed E-state index contributed by atoms with van der Waals surface area (Å²) >= 11 is 0. The molecule has 1 aliphatic rings. The third kappa shape index (κ3) is 4.63. The second kappa shape index (κ2) is 7.55. The number of nitrogens with zero attached hydrogens (tertiary/aromatic N) is 3. The summed E-state index contributed by atoms with van der Waals surface area (Å²) in [6, 6.07) is 10.8. The smallest absolute Gasteiger partial charge is 0.228 e.